The molecule has 5 rings (SSSR count). The van der Waals surface area contributed by atoms with E-state index in [4.69, 9.17) is 0 Å². The molecule has 0 spiro atoms. The highest BCUT2D eigenvalue weighted by Crippen LogP contribution is 2.45. The van der Waals surface area contributed by atoms with Crippen molar-refractivity contribution in [1.82, 2.24) is 19.8 Å². The lowest BCUT2D eigenvalue weighted by atomic mass is 10.0. The van der Waals surface area contributed by atoms with Crippen molar-refractivity contribution in [3.05, 3.63) is 68.1 Å². The van der Waals surface area contributed by atoms with Gasteiger partial charge in [0.2, 0.25) is 5.91 Å². The molecule has 35 heavy (non-hydrogen) atoms. The largest absolute Gasteiger partial charge is 0.477 e. The third-order valence-electron chi connectivity index (χ3n) is 5.61. The van der Waals surface area contributed by atoms with Gasteiger partial charge in [0, 0.05) is 49.9 Å². The first-order valence-electron chi connectivity index (χ1n) is 10.5. The SMILES string of the molecule is Cn1ccnc1-c1ccc(SC2=C(C(=O)O)N3C(=O)[C@@H](NC(=O)Cc4cccs4)[C@H]3SC2)cc1Br. The maximum Gasteiger partial charge on any atom is 0.353 e. The van der Waals surface area contributed by atoms with Crippen molar-refractivity contribution >= 4 is 68.6 Å². The van der Waals surface area contributed by atoms with Gasteiger partial charge < -0.3 is 15.0 Å². The van der Waals surface area contributed by atoms with Gasteiger partial charge in [-0.1, -0.05) is 17.8 Å². The second-order valence-corrected chi connectivity index (χ2v) is 12.1. The van der Waals surface area contributed by atoms with Gasteiger partial charge in [-0.15, -0.1) is 23.1 Å². The van der Waals surface area contributed by atoms with Crippen LogP contribution in [0.25, 0.3) is 11.4 Å². The molecule has 0 unspecified atom stereocenters. The normalized spacial score (nSPS) is 19.4. The number of thioether (sulfide) groups is 2. The second kappa shape index (κ2) is 9.84. The van der Waals surface area contributed by atoms with Crippen LogP contribution in [0.1, 0.15) is 4.88 Å². The van der Waals surface area contributed by atoms with Crippen LogP contribution in [0.3, 0.4) is 0 Å². The van der Waals surface area contributed by atoms with Crippen molar-refractivity contribution in [3.8, 4) is 11.4 Å². The zero-order chi connectivity index (χ0) is 24.7. The molecule has 1 aromatic carbocycles. The molecule has 12 heteroatoms. The number of benzene rings is 1. The van der Waals surface area contributed by atoms with Gasteiger partial charge in [0.1, 0.15) is 22.9 Å². The highest BCUT2D eigenvalue weighted by atomic mass is 79.9. The minimum Gasteiger partial charge on any atom is -0.477 e. The Morgan fingerprint density at radius 2 is 2.17 bits per heavy atom. The molecule has 3 aromatic rings. The first-order chi connectivity index (χ1) is 16.8. The summed E-state index contributed by atoms with van der Waals surface area (Å²) in [5, 5.41) is 14.2. The number of fused-ring (bicyclic) bond motifs is 1. The van der Waals surface area contributed by atoms with E-state index in [0.717, 1.165) is 25.6 Å². The Bertz CT molecular complexity index is 1350. The van der Waals surface area contributed by atoms with E-state index < -0.39 is 23.3 Å². The van der Waals surface area contributed by atoms with Crippen LogP contribution in [0.4, 0.5) is 0 Å². The summed E-state index contributed by atoms with van der Waals surface area (Å²) in [6.07, 6.45) is 3.79. The van der Waals surface area contributed by atoms with Crippen LogP contribution in [0, 0.1) is 0 Å². The van der Waals surface area contributed by atoms with Crippen LogP contribution in [-0.4, -0.2) is 54.5 Å². The molecule has 2 aliphatic rings. The predicted octanol–water partition coefficient (Wildman–Crippen LogP) is 3.94. The molecular weight excluding hydrogens is 572 g/mol. The van der Waals surface area contributed by atoms with Crippen molar-refractivity contribution in [2.24, 2.45) is 7.05 Å². The van der Waals surface area contributed by atoms with Crippen molar-refractivity contribution < 1.29 is 19.5 Å². The smallest absolute Gasteiger partial charge is 0.353 e. The van der Waals surface area contributed by atoms with Crippen LogP contribution in [0.15, 0.2) is 68.1 Å². The van der Waals surface area contributed by atoms with E-state index in [-0.39, 0.29) is 18.0 Å². The van der Waals surface area contributed by atoms with Gasteiger partial charge in [0.15, 0.2) is 0 Å². The topological polar surface area (TPSA) is 105 Å². The van der Waals surface area contributed by atoms with E-state index in [2.05, 4.69) is 26.2 Å². The van der Waals surface area contributed by atoms with Crippen LogP contribution in [0.2, 0.25) is 0 Å². The Kier molecular flexibility index (Phi) is 6.80. The van der Waals surface area contributed by atoms with Crippen molar-refractivity contribution in [2.75, 3.05) is 5.75 Å². The number of aryl methyl sites for hydroxylation is 1. The van der Waals surface area contributed by atoms with E-state index in [1.807, 2.05) is 53.5 Å². The number of carboxylic acid groups (broad SMARTS) is 1. The highest BCUT2D eigenvalue weighted by Gasteiger charge is 2.54. The summed E-state index contributed by atoms with van der Waals surface area (Å²) in [4.78, 5) is 45.5. The number of carbonyl (C=O) groups is 3. The van der Waals surface area contributed by atoms with Gasteiger partial charge in [-0.25, -0.2) is 9.78 Å². The third-order valence-corrected chi connectivity index (χ3v) is 9.68. The zero-order valence-electron chi connectivity index (χ0n) is 18.3. The number of amides is 2. The number of carbonyl (C=O) groups excluding carboxylic acids is 2. The lowest BCUT2D eigenvalue weighted by Gasteiger charge is -2.49. The summed E-state index contributed by atoms with van der Waals surface area (Å²) in [6.45, 7) is 0. The number of rotatable bonds is 7. The summed E-state index contributed by atoms with van der Waals surface area (Å²) < 4.78 is 2.75. The Hall–Kier alpha value is -2.54. The molecule has 1 saturated heterocycles. The molecular formula is C23H19BrN4O4S3. The molecule has 180 valence electrons. The van der Waals surface area contributed by atoms with E-state index in [1.165, 1.54) is 39.8 Å². The van der Waals surface area contributed by atoms with Crippen LogP contribution >= 0.6 is 50.8 Å². The maximum absolute atomic E-state index is 12.9. The van der Waals surface area contributed by atoms with Crippen molar-refractivity contribution in [2.45, 2.75) is 22.7 Å². The number of β-lactam (4-membered cyclic amide) rings is 1. The fourth-order valence-corrected chi connectivity index (χ4v) is 7.90. The Morgan fingerprint density at radius 1 is 1.34 bits per heavy atom. The quantitative estimate of drug-likeness (QED) is 0.401. The molecule has 0 radical (unpaired) electrons. The first-order valence-corrected chi connectivity index (χ1v) is 14.0. The van der Waals surface area contributed by atoms with Gasteiger partial charge in [-0.2, -0.15) is 0 Å². The minimum atomic E-state index is -1.15. The Morgan fingerprint density at radius 3 is 2.83 bits per heavy atom. The van der Waals surface area contributed by atoms with Crippen molar-refractivity contribution in [1.29, 1.82) is 0 Å². The zero-order valence-corrected chi connectivity index (χ0v) is 22.3. The number of nitrogens with one attached hydrogen (secondary N) is 1. The Labute approximate surface area is 221 Å². The molecule has 0 aliphatic carbocycles. The minimum absolute atomic E-state index is 0.0168. The fourth-order valence-electron chi connectivity index (χ4n) is 3.97. The molecule has 2 aromatic heterocycles. The summed E-state index contributed by atoms with van der Waals surface area (Å²) in [5.74, 6) is -0.559. The van der Waals surface area contributed by atoms with Gasteiger partial charge in [0.25, 0.3) is 5.91 Å². The number of imidazole rings is 1. The van der Waals surface area contributed by atoms with Crippen LogP contribution in [0.5, 0.6) is 0 Å². The standard InChI is InChI=1S/C23H19BrN4O4S3/c1-27-7-6-25-20(27)14-5-4-13(9-15(14)24)35-16-11-34-22-18(21(30)28(22)19(16)23(31)32)26-17(29)10-12-3-2-8-33-12/h2-9,18,22H,10-11H2,1H3,(H,26,29)(H,31,32)/t18-,22-/m1/s1. The molecule has 8 nitrogen and oxygen atoms in total. The fraction of sp³-hybridized carbons (Fsp3) is 0.217. The molecule has 2 aliphatic heterocycles. The van der Waals surface area contributed by atoms with Gasteiger partial charge in [0.05, 0.1) is 6.42 Å². The van der Waals surface area contributed by atoms with E-state index >= 15 is 0 Å². The van der Waals surface area contributed by atoms with Gasteiger partial charge >= 0.3 is 5.97 Å². The summed E-state index contributed by atoms with van der Waals surface area (Å²) in [6, 6.07) is 8.78. The predicted molar refractivity (Wildman–Crippen MR) is 140 cm³/mol. The van der Waals surface area contributed by atoms with Gasteiger partial charge in [-0.3, -0.25) is 14.5 Å². The highest BCUT2D eigenvalue weighted by molar-refractivity contribution is 9.10. The van der Waals surface area contributed by atoms with E-state index in [9.17, 15) is 19.5 Å². The number of carboxylic acids is 1. The molecule has 2 N–H and O–H groups in total. The van der Waals surface area contributed by atoms with Gasteiger partial charge in [-0.05, 0) is 45.6 Å². The summed E-state index contributed by atoms with van der Waals surface area (Å²) in [7, 11) is 1.92. The number of aliphatic carboxylic acids is 1. The molecule has 0 bridgehead atoms. The van der Waals surface area contributed by atoms with E-state index in [1.54, 1.807) is 6.20 Å². The number of halogens is 1. The first kappa shape index (κ1) is 24.2. The molecule has 1 fully saturated rings. The molecule has 4 heterocycles. The van der Waals surface area contributed by atoms with Crippen molar-refractivity contribution in [3.63, 3.8) is 0 Å². The summed E-state index contributed by atoms with van der Waals surface area (Å²) in [5.41, 5.74) is 0.906. The second-order valence-electron chi connectivity index (χ2n) is 7.89. The summed E-state index contributed by atoms with van der Waals surface area (Å²) >= 11 is 7.86. The average Bonchev–Trinajstić information content (AvgIpc) is 3.49. The molecule has 2 atom stereocenters. The third kappa shape index (κ3) is 4.67. The number of aromatic nitrogens is 2. The molecule has 0 saturated carbocycles. The Balaban J connectivity index is 1.33. The molecule has 2 amide bonds. The van der Waals surface area contributed by atoms with Crippen LogP contribution in [-0.2, 0) is 27.9 Å². The number of hydrogen-bond acceptors (Lipinski definition) is 7. The monoisotopic (exact) mass is 590 g/mol. The lowest BCUT2D eigenvalue weighted by molar-refractivity contribution is -0.150. The van der Waals surface area contributed by atoms with E-state index in [0.29, 0.717) is 10.7 Å². The average molecular weight is 592 g/mol. The lowest BCUT2D eigenvalue weighted by Crippen LogP contribution is -2.70. The van der Waals surface area contributed by atoms with Crippen LogP contribution < -0.4 is 5.32 Å². The number of hydrogen-bond donors (Lipinski definition) is 2. The maximum atomic E-state index is 12.9. The number of nitrogens with zero attached hydrogens (tertiary/aromatic N) is 3. The number of thiophene rings is 1.